The second-order valence-corrected chi connectivity index (χ2v) is 7.86. The lowest BCUT2D eigenvalue weighted by Crippen LogP contribution is -2.38. The Labute approximate surface area is 172 Å². The van der Waals surface area contributed by atoms with Crippen LogP contribution in [0.15, 0.2) is 59.6 Å². The molecule has 1 N–H and O–H groups in total. The molecule has 3 rings (SSSR count). The third-order valence-electron chi connectivity index (χ3n) is 4.20. The van der Waals surface area contributed by atoms with Gasteiger partial charge in [-0.05, 0) is 38.1 Å². The summed E-state index contributed by atoms with van der Waals surface area (Å²) in [6, 6.07) is 14.8. The number of hydrogen-bond donors (Lipinski definition) is 1. The first-order valence-electron chi connectivity index (χ1n) is 9.03. The van der Waals surface area contributed by atoms with Crippen LogP contribution < -0.4 is 5.32 Å². The van der Waals surface area contributed by atoms with Gasteiger partial charge in [-0.3, -0.25) is 24.6 Å². The Kier molecular flexibility index (Phi) is 6.28. The molecule has 0 spiro atoms. The summed E-state index contributed by atoms with van der Waals surface area (Å²) >= 11 is 1.27. The van der Waals surface area contributed by atoms with Gasteiger partial charge in [-0.1, -0.05) is 30.0 Å². The SMILES string of the molecule is CC(C)N1C(=O)C(CC(=O)Nc2ccc([N+](=O)[O-])cc2)SC1=Nc1ccccc1. The average Bonchev–Trinajstić information content (AvgIpc) is 2.97. The molecule has 150 valence electrons. The summed E-state index contributed by atoms with van der Waals surface area (Å²) in [5.74, 6) is -0.493. The van der Waals surface area contributed by atoms with Gasteiger partial charge in [0.2, 0.25) is 11.8 Å². The number of nitro groups is 1. The number of anilines is 1. The normalized spacial score (nSPS) is 17.8. The fraction of sp³-hybridized carbons (Fsp3) is 0.250. The lowest BCUT2D eigenvalue weighted by Gasteiger charge is -2.20. The standard InChI is InChI=1S/C20H20N4O4S/c1-13(2)23-19(26)17(29-20(23)22-14-6-4-3-5-7-14)12-18(25)21-15-8-10-16(11-9-15)24(27)28/h3-11,13,17H,12H2,1-2H3,(H,21,25). The number of non-ortho nitro benzene ring substituents is 1. The summed E-state index contributed by atoms with van der Waals surface area (Å²) in [4.78, 5) is 41.6. The Morgan fingerprint density at radius 1 is 1.21 bits per heavy atom. The van der Waals surface area contributed by atoms with Crippen molar-refractivity contribution < 1.29 is 14.5 Å². The predicted octanol–water partition coefficient (Wildman–Crippen LogP) is 3.96. The van der Waals surface area contributed by atoms with Crippen LogP contribution in [0.5, 0.6) is 0 Å². The monoisotopic (exact) mass is 412 g/mol. The molecular formula is C20H20N4O4S. The van der Waals surface area contributed by atoms with Crippen molar-refractivity contribution in [3.05, 3.63) is 64.7 Å². The molecule has 2 aromatic rings. The van der Waals surface area contributed by atoms with Gasteiger partial charge in [0.15, 0.2) is 5.17 Å². The molecule has 1 aliphatic rings. The molecule has 0 aliphatic carbocycles. The van der Waals surface area contributed by atoms with Gasteiger partial charge in [-0.15, -0.1) is 0 Å². The highest BCUT2D eigenvalue weighted by atomic mass is 32.2. The molecule has 1 unspecified atom stereocenters. The Morgan fingerprint density at radius 3 is 2.45 bits per heavy atom. The molecule has 29 heavy (non-hydrogen) atoms. The van der Waals surface area contributed by atoms with Gasteiger partial charge in [0.1, 0.15) is 5.25 Å². The maximum absolute atomic E-state index is 12.8. The zero-order valence-corrected chi connectivity index (χ0v) is 16.8. The minimum atomic E-state index is -0.571. The van der Waals surface area contributed by atoms with Crippen molar-refractivity contribution in [2.75, 3.05) is 5.32 Å². The lowest BCUT2D eigenvalue weighted by molar-refractivity contribution is -0.384. The highest BCUT2D eigenvalue weighted by Crippen LogP contribution is 2.33. The number of nitrogens with one attached hydrogen (secondary N) is 1. The van der Waals surface area contributed by atoms with E-state index in [2.05, 4.69) is 10.3 Å². The molecule has 1 saturated heterocycles. The quantitative estimate of drug-likeness (QED) is 0.571. The number of rotatable bonds is 6. The van der Waals surface area contributed by atoms with E-state index >= 15 is 0 Å². The van der Waals surface area contributed by atoms with Crippen molar-refractivity contribution in [3.8, 4) is 0 Å². The van der Waals surface area contributed by atoms with Crippen molar-refractivity contribution in [2.24, 2.45) is 4.99 Å². The van der Waals surface area contributed by atoms with Gasteiger partial charge in [0.25, 0.3) is 5.69 Å². The van der Waals surface area contributed by atoms with E-state index in [1.165, 1.54) is 36.0 Å². The fourth-order valence-electron chi connectivity index (χ4n) is 2.83. The first kappa shape index (κ1) is 20.5. The molecule has 2 amide bonds. The van der Waals surface area contributed by atoms with Crippen LogP contribution >= 0.6 is 11.8 Å². The number of aliphatic imine (C=N–C) groups is 1. The zero-order chi connectivity index (χ0) is 21.0. The zero-order valence-electron chi connectivity index (χ0n) is 15.9. The second kappa shape index (κ2) is 8.87. The molecule has 1 aliphatic heterocycles. The van der Waals surface area contributed by atoms with Crippen LogP contribution in [-0.4, -0.2) is 38.1 Å². The number of amides is 2. The van der Waals surface area contributed by atoms with Gasteiger partial charge < -0.3 is 5.32 Å². The summed E-state index contributed by atoms with van der Waals surface area (Å²) in [7, 11) is 0. The number of carbonyl (C=O) groups excluding carboxylic acids is 2. The minimum Gasteiger partial charge on any atom is -0.326 e. The third kappa shape index (κ3) is 5.00. The van der Waals surface area contributed by atoms with E-state index in [0.717, 1.165) is 5.69 Å². The number of benzene rings is 2. The smallest absolute Gasteiger partial charge is 0.269 e. The molecule has 0 saturated carbocycles. The number of thioether (sulfide) groups is 1. The Morgan fingerprint density at radius 2 is 1.86 bits per heavy atom. The maximum atomic E-state index is 12.8. The largest absolute Gasteiger partial charge is 0.326 e. The van der Waals surface area contributed by atoms with E-state index < -0.39 is 10.2 Å². The first-order valence-corrected chi connectivity index (χ1v) is 9.91. The molecule has 0 radical (unpaired) electrons. The molecule has 9 heteroatoms. The van der Waals surface area contributed by atoms with E-state index in [-0.39, 0.29) is 30.0 Å². The number of nitrogens with zero attached hydrogens (tertiary/aromatic N) is 3. The van der Waals surface area contributed by atoms with E-state index in [4.69, 9.17) is 0 Å². The van der Waals surface area contributed by atoms with Crippen molar-refractivity contribution >= 4 is 45.8 Å². The van der Waals surface area contributed by atoms with Crippen LogP contribution in [0.1, 0.15) is 20.3 Å². The van der Waals surface area contributed by atoms with Crippen LogP contribution in [0.25, 0.3) is 0 Å². The highest BCUT2D eigenvalue weighted by Gasteiger charge is 2.40. The molecule has 0 bridgehead atoms. The predicted molar refractivity (Wildman–Crippen MR) is 113 cm³/mol. The number of carbonyl (C=O) groups is 2. The van der Waals surface area contributed by atoms with Crippen molar-refractivity contribution in [3.63, 3.8) is 0 Å². The lowest BCUT2D eigenvalue weighted by atomic mass is 10.2. The molecule has 1 fully saturated rings. The summed E-state index contributed by atoms with van der Waals surface area (Å²) in [5.41, 5.74) is 1.12. The number of nitro benzene ring substituents is 1. The number of hydrogen-bond acceptors (Lipinski definition) is 6. The summed E-state index contributed by atoms with van der Waals surface area (Å²) < 4.78 is 0. The van der Waals surface area contributed by atoms with E-state index in [9.17, 15) is 19.7 Å². The van der Waals surface area contributed by atoms with Crippen LogP contribution in [-0.2, 0) is 9.59 Å². The van der Waals surface area contributed by atoms with Crippen LogP contribution in [0.4, 0.5) is 17.1 Å². The summed E-state index contributed by atoms with van der Waals surface area (Å²) in [6.07, 6.45) is -0.0164. The fourth-order valence-corrected chi connectivity index (χ4v) is 4.10. The molecule has 0 aromatic heterocycles. The Hall–Kier alpha value is -3.20. The van der Waals surface area contributed by atoms with Crippen LogP contribution in [0, 0.1) is 10.1 Å². The van der Waals surface area contributed by atoms with Crippen molar-refractivity contribution in [1.29, 1.82) is 0 Å². The molecule has 1 heterocycles. The van der Waals surface area contributed by atoms with Gasteiger partial charge >= 0.3 is 0 Å². The van der Waals surface area contributed by atoms with Gasteiger partial charge in [0.05, 0.1) is 10.6 Å². The first-order chi connectivity index (χ1) is 13.8. The van der Waals surface area contributed by atoms with Gasteiger partial charge in [-0.2, -0.15) is 0 Å². The van der Waals surface area contributed by atoms with E-state index in [0.29, 0.717) is 10.9 Å². The van der Waals surface area contributed by atoms with E-state index in [1.54, 1.807) is 4.90 Å². The summed E-state index contributed by atoms with van der Waals surface area (Å²) in [6.45, 7) is 3.80. The maximum Gasteiger partial charge on any atom is 0.269 e. The highest BCUT2D eigenvalue weighted by molar-refractivity contribution is 8.15. The van der Waals surface area contributed by atoms with Gasteiger partial charge in [-0.25, -0.2) is 4.99 Å². The number of amidine groups is 1. The number of para-hydroxylation sites is 1. The van der Waals surface area contributed by atoms with Crippen LogP contribution in [0.3, 0.4) is 0 Å². The molecule has 2 aromatic carbocycles. The van der Waals surface area contributed by atoms with Crippen LogP contribution in [0.2, 0.25) is 0 Å². The van der Waals surface area contributed by atoms with E-state index in [1.807, 2.05) is 44.2 Å². The van der Waals surface area contributed by atoms with Crippen molar-refractivity contribution in [1.82, 2.24) is 4.90 Å². The second-order valence-electron chi connectivity index (χ2n) is 6.69. The topological polar surface area (TPSA) is 105 Å². The molecule has 8 nitrogen and oxygen atoms in total. The molecular weight excluding hydrogens is 392 g/mol. The van der Waals surface area contributed by atoms with Gasteiger partial charge in [0, 0.05) is 30.3 Å². The third-order valence-corrected chi connectivity index (χ3v) is 5.35. The van der Waals surface area contributed by atoms with Crippen molar-refractivity contribution in [2.45, 2.75) is 31.6 Å². The Balaban J connectivity index is 1.70. The molecule has 1 atom stereocenters. The Bertz CT molecular complexity index is 945. The summed E-state index contributed by atoms with van der Waals surface area (Å²) in [5, 5.41) is 13.4. The minimum absolute atomic E-state index is 0.0164. The average molecular weight is 412 g/mol.